The van der Waals surface area contributed by atoms with Crippen molar-refractivity contribution in [3.8, 4) is 5.75 Å². The van der Waals surface area contributed by atoms with E-state index >= 15 is 0 Å². The molecule has 0 fully saturated rings. The van der Waals surface area contributed by atoms with Gasteiger partial charge in [-0.1, -0.05) is 0 Å². The van der Waals surface area contributed by atoms with Crippen LogP contribution >= 0.6 is 0 Å². The molecular weight excluding hydrogens is 186 g/mol. The average molecular weight is 195 g/mol. The maximum Gasteiger partial charge on any atom is 0.270 e. The van der Waals surface area contributed by atoms with E-state index in [4.69, 9.17) is 0 Å². The van der Waals surface area contributed by atoms with Crippen molar-refractivity contribution in [3.05, 3.63) is 33.9 Å². The van der Waals surface area contributed by atoms with Gasteiger partial charge in [-0.2, -0.15) is 5.10 Å². The summed E-state index contributed by atoms with van der Waals surface area (Å²) < 4.78 is 0. The zero-order valence-corrected chi connectivity index (χ0v) is 7.47. The number of hydrogen-bond donors (Lipinski definition) is 2. The lowest BCUT2D eigenvalue weighted by molar-refractivity contribution is -0.384. The molecule has 1 rings (SSSR count). The van der Waals surface area contributed by atoms with Gasteiger partial charge >= 0.3 is 0 Å². The molecule has 0 aliphatic rings. The van der Waals surface area contributed by atoms with Crippen LogP contribution in [0.1, 0.15) is 5.56 Å². The zero-order chi connectivity index (χ0) is 10.6. The molecule has 2 N–H and O–H groups in total. The van der Waals surface area contributed by atoms with Crippen LogP contribution in [-0.2, 0) is 0 Å². The minimum atomic E-state index is -0.532. The Morgan fingerprint density at radius 2 is 2.36 bits per heavy atom. The highest BCUT2D eigenvalue weighted by molar-refractivity contribution is 5.84. The zero-order valence-electron chi connectivity index (χ0n) is 7.47. The first-order valence-electron chi connectivity index (χ1n) is 3.82. The molecule has 0 aromatic heterocycles. The second kappa shape index (κ2) is 4.22. The number of benzene rings is 1. The Morgan fingerprint density at radius 1 is 1.64 bits per heavy atom. The number of nitrogens with zero attached hydrogens (tertiary/aromatic N) is 2. The molecule has 0 aliphatic heterocycles. The Morgan fingerprint density at radius 3 is 2.93 bits per heavy atom. The molecule has 6 nitrogen and oxygen atoms in total. The van der Waals surface area contributed by atoms with E-state index in [2.05, 4.69) is 10.5 Å². The van der Waals surface area contributed by atoms with E-state index in [9.17, 15) is 15.2 Å². The van der Waals surface area contributed by atoms with Gasteiger partial charge in [0.25, 0.3) is 5.69 Å². The van der Waals surface area contributed by atoms with Gasteiger partial charge in [-0.05, 0) is 6.07 Å². The Hall–Kier alpha value is -2.11. The number of hydrogen-bond acceptors (Lipinski definition) is 5. The lowest BCUT2D eigenvalue weighted by atomic mass is 10.2. The molecule has 0 spiro atoms. The molecule has 0 amide bonds. The highest BCUT2D eigenvalue weighted by atomic mass is 16.6. The molecule has 0 bridgehead atoms. The van der Waals surface area contributed by atoms with Crippen molar-refractivity contribution in [2.75, 3.05) is 7.05 Å². The van der Waals surface area contributed by atoms with E-state index in [1.807, 2.05) is 0 Å². The summed E-state index contributed by atoms with van der Waals surface area (Å²) in [6.45, 7) is 0. The van der Waals surface area contributed by atoms with Crippen LogP contribution in [0.4, 0.5) is 5.69 Å². The van der Waals surface area contributed by atoms with Gasteiger partial charge in [-0.3, -0.25) is 10.1 Å². The summed E-state index contributed by atoms with van der Waals surface area (Å²) in [4.78, 5) is 9.87. The minimum Gasteiger partial charge on any atom is -0.507 e. The van der Waals surface area contributed by atoms with E-state index in [1.165, 1.54) is 24.4 Å². The molecule has 1 aromatic carbocycles. The van der Waals surface area contributed by atoms with E-state index in [-0.39, 0.29) is 11.4 Å². The molecule has 1 aromatic rings. The molecule has 0 saturated heterocycles. The van der Waals surface area contributed by atoms with Gasteiger partial charge < -0.3 is 10.5 Å². The molecule has 6 heteroatoms. The molecule has 0 saturated carbocycles. The van der Waals surface area contributed by atoms with Crippen molar-refractivity contribution in [2.24, 2.45) is 5.10 Å². The first-order chi connectivity index (χ1) is 6.65. The largest absolute Gasteiger partial charge is 0.507 e. The lowest BCUT2D eigenvalue weighted by Crippen LogP contribution is -1.96. The normalized spacial score (nSPS) is 10.4. The number of aromatic hydroxyl groups is 1. The predicted molar refractivity (Wildman–Crippen MR) is 51.4 cm³/mol. The van der Waals surface area contributed by atoms with Crippen molar-refractivity contribution < 1.29 is 10.0 Å². The van der Waals surface area contributed by atoms with Crippen LogP contribution in [0.25, 0.3) is 0 Å². The van der Waals surface area contributed by atoms with Crippen molar-refractivity contribution >= 4 is 11.9 Å². The van der Waals surface area contributed by atoms with Crippen LogP contribution in [0.15, 0.2) is 23.3 Å². The second-order valence-electron chi connectivity index (χ2n) is 2.48. The summed E-state index contributed by atoms with van der Waals surface area (Å²) in [5.41, 5.74) is 2.70. The quantitative estimate of drug-likeness (QED) is 0.425. The monoisotopic (exact) mass is 195 g/mol. The number of hydrazone groups is 1. The Labute approximate surface area is 80.0 Å². The number of nitrogens with one attached hydrogen (secondary N) is 1. The van der Waals surface area contributed by atoms with Gasteiger partial charge in [-0.15, -0.1) is 0 Å². The van der Waals surface area contributed by atoms with E-state index in [0.29, 0.717) is 5.56 Å². The van der Waals surface area contributed by atoms with Crippen LogP contribution < -0.4 is 5.43 Å². The summed E-state index contributed by atoms with van der Waals surface area (Å²) in [6, 6.07) is 3.73. The standard InChI is InChI=1S/C8H9N3O3/c1-9-10-5-6-4-7(11(13)14)2-3-8(6)12/h2-5,9,12H,1H3. The number of rotatable bonds is 3. The number of phenolic OH excluding ortho intramolecular Hbond substituents is 1. The number of nitro groups is 1. The molecule has 0 unspecified atom stereocenters. The second-order valence-corrected chi connectivity index (χ2v) is 2.48. The third-order valence-electron chi connectivity index (χ3n) is 1.55. The topological polar surface area (TPSA) is 87.8 Å². The summed E-state index contributed by atoms with van der Waals surface area (Å²) >= 11 is 0. The SMILES string of the molecule is CNN=Cc1cc([N+](=O)[O-])ccc1O. The van der Waals surface area contributed by atoms with Crippen molar-refractivity contribution in [2.45, 2.75) is 0 Å². The van der Waals surface area contributed by atoms with Gasteiger partial charge in [0.05, 0.1) is 11.1 Å². The van der Waals surface area contributed by atoms with Gasteiger partial charge in [0.15, 0.2) is 0 Å². The molecule has 74 valence electrons. The predicted octanol–water partition coefficient (Wildman–Crippen LogP) is 0.854. The Balaban J connectivity index is 3.08. The summed E-state index contributed by atoms with van der Waals surface area (Å²) in [6.07, 6.45) is 1.31. The molecule has 0 radical (unpaired) electrons. The molecule has 0 atom stereocenters. The average Bonchev–Trinajstić information content (AvgIpc) is 2.16. The van der Waals surface area contributed by atoms with Crippen molar-refractivity contribution in [1.82, 2.24) is 5.43 Å². The maximum absolute atomic E-state index is 10.4. The smallest absolute Gasteiger partial charge is 0.270 e. The molecule has 0 heterocycles. The van der Waals surface area contributed by atoms with Gasteiger partial charge in [-0.25, -0.2) is 0 Å². The Bertz CT molecular complexity index is 376. The number of nitro benzene ring substituents is 1. The van der Waals surface area contributed by atoms with Gasteiger partial charge in [0.1, 0.15) is 5.75 Å². The van der Waals surface area contributed by atoms with Crippen LogP contribution in [-0.4, -0.2) is 23.3 Å². The van der Waals surface area contributed by atoms with Gasteiger partial charge in [0.2, 0.25) is 0 Å². The highest BCUT2D eigenvalue weighted by Crippen LogP contribution is 2.20. The number of non-ortho nitro benzene ring substituents is 1. The number of phenols is 1. The fourth-order valence-electron chi connectivity index (χ4n) is 0.893. The third kappa shape index (κ3) is 2.19. The molecule has 14 heavy (non-hydrogen) atoms. The first kappa shape index (κ1) is 9.97. The van der Waals surface area contributed by atoms with Crippen LogP contribution in [0.5, 0.6) is 5.75 Å². The first-order valence-corrected chi connectivity index (χ1v) is 3.82. The fraction of sp³-hybridized carbons (Fsp3) is 0.125. The van der Waals surface area contributed by atoms with Crippen molar-refractivity contribution in [1.29, 1.82) is 0 Å². The minimum absolute atomic E-state index is 0.0467. The third-order valence-corrected chi connectivity index (χ3v) is 1.55. The van der Waals surface area contributed by atoms with Gasteiger partial charge in [0, 0.05) is 24.7 Å². The fourth-order valence-corrected chi connectivity index (χ4v) is 0.893. The summed E-state index contributed by atoms with van der Waals surface area (Å²) in [5.74, 6) is -0.0467. The molecular formula is C8H9N3O3. The Kier molecular flexibility index (Phi) is 3.01. The maximum atomic E-state index is 10.4. The van der Waals surface area contributed by atoms with Crippen LogP contribution in [0.2, 0.25) is 0 Å². The van der Waals surface area contributed by atoms with E-state index in [0.717, 1.165) is 0 Å². The summed E-state index contributed by atoms with van der Waals surface area (Å²) in [7, 11) is 1.59. The molecule has 0 aliphatic carbocycles. The highest BCUT2D eigenvalue weighted by Gasteiger charge is 2.08. The van der Waals surface area contributed by atoms with Crippen molar-refractivity contribution in [3.63, 3.8) is 0 Å². The van der Waals surface area contributed by atoms with E-state index in [1.54, 1.807) is 7.05 Å². The summed E-state index contributed by atoms with van der Waals surface area (Å²) in [5, 5.41) is 23.3. The lowest BCUT2D eigenvalue weighted by Gasteiger charge is -1.97. The van der Waals surface area contributed by atoms with Crippen LogP contribution in [0.3, 0.4) is 0 Å². The van der Waals surface area contributed by atoms with E-state index < -0.39 is 4.92 Å². The van der Waals surface area contributed by atoms with Crippen LogP contribution in [0, 0.1) is 10.1 Å².